The van der Waals surface area contributed by atoms with Gasteiger partial charge >= 0.3 is 0 Å². The largest absolute Gasteiger partial charge is 0.278 e. The van der Waals surface area contributed by atoms with Gasteiger partial charge in [-0.2, -0.15) is 5.10 Å². The van der Waals surface area contributed by atoms with Crippen molar-refractivity contribution in [1.29, 1.82) is 0 Å². The molecule has 1 aromatic carbocycles. The summed E-state index contributed by atoms with van der Waals surface area (Å²) < 4.78 is 0. The Kier molecular flexibility index (Phi) is 1.96. The van der Waals surface area contributed by atoms with Crippen LogP contribution >= 0.6 is 0 Å². The third kappa shape index (κ3) is 1.51. The molecule has 1 heterocycles. The number of hydrogen-bond donors (Lipinski definition) is 1. The molecule has 0 fully saturated rings. The van der Waals surface area contributed by atoms with Gasteiger partial charge in [-0.1, -0.05) is 30.9 Å². The number of aromatic nitrogens is 2. The summed E-state index contributed by atoms with van der Waals surface area (Å²) in [4.78, 5) is 0. The summed E-state index contributed by atoms with van der Waals surface area (Å²) in [7, 11) is 0. The van der Waals surface area contributed by atoms with Gasteiger partial charge in [0, 0.05) is 11.8 Å². The van der Waals surface area contributed by atoms with Crippen LogP contribution < -0.4 is 0 Å². The van der Waals surface area contributed by atoms with E-state index in [0.29, 0.717) is 0 Å². The summed E-state index contributed by atoms with van der Waals surface area (Å²) in [6.07, 6.45) is 3.58. The smallest absolute Gasteiger partial charge is 0.0650 e. The van der Waals surface area contributed by atoms with Gasteiger partial charge in [0.25, 0.3) is 0 Å². The Hall–Kier alpha value is -1.83. The van der Waals surface area contributed by atoms with Crippen LogP contribution in [0.1, 0.15) is 5.56 Å². The molecule has 2 nitrogen and oxygen atoms in total. The molecule has 0 aliphatic carbocycles. The second-order valence-corrected chi connectivity index (χ2v) is 2.80. The van der Waals surface area contributed by atoms with Gasteiger partial charge in [-0.3, -0.25) is 5.10 Å². The van der Waals surface area contributed by atoms with Crippen LogP contribution in [0.2, 0.25) is 0 Å². The molecule has 0 aliphatic rings. The van der Waals surface area contributed by atoms with Gasteiger partial charge in [-0.25, -0.2) is 0 Å². The predicted molar refractivity (Wildman–Crippen MR) is 54.1 cm³/mol. The molecule has 2 rings (SSSR count). The molecule has 64 valence electrons. The summed E-state index contributed by atoms with van der Waals surface area (Å²) in [6.45, 7) is 3.73. The number of benzene rings is 1. The maximum Gasteiger partial charge on any atom is 0.0650 e. The number of H-pyrrole nitrogens is 1. The minimum atomic E-state index is 1.03. The fourth-order valence-electron chi connectivity index (χ4n) is 1.25. The van der Waals surface area contributed by atoms with Crippen LogP contribution in [0, 0.1) is 0 Å². The van der Waals surface area contributed by atoms with Crippen molar-refractivity contribution >= 4 is 6.08 Å². The van der Waals surface area contributed by atoms with Gasteiger partial charge < -0.3 is 0 Å². The van der Waals surface area contributed by atoms with Crippen molar-refractivity contribution in [2.24, 2.45) is 0 Å². The van der Waals surface area contributed by atoms with Crippen molar-refractivity contribution in [3.63, 3.8) is 0 Å². The lowest BCUT2D eigenvalue weighted by Gasteiger charge is -1.98. The molecule has 1 N–H and O–H groups in total. The van der Waals surface area contributed by atoms with Crippen molar-refractivity contribution in [2.75, 3.05) is 0 Å². The zero-order valence-electron chi connectivity index (χ0n) is 7.20. The second kappa shape index (κ2) is 3.27. The van der Waals surface area contributed by atoms with Gasteiger partial charge in [-0.05, 0) is 17.7 Å². The summed E-state index contributed by atoms with van der Waals surface area (Å²) in [5.41, 5.74) is 3.28. The van der Waals surface area contributed by atoms with Crippen LogP contribution in [0.4, 0.5) is 0 Å². The van der Waals surface area contributed by atoms with Crippen molar-refractivity contribution in [1.82, 2.24) is 10.2 Å². The summed E-state index contributed by atoms with van der Waals surface area (Å²) in [6, 6.07) is 10.1. The maximum atomic E-state index is 3.90. The summed E-state index contributed by atoms with van der Waals surface area (Å²) >= 11 is 0. The molecule has 0 spiro atoms. The molecule has 0 amide bonds. The highest BCUT2D eigenvalue weighted by atomic mass is 15.1. The van der Waals surface area contributed by atoms with Crippen LogP contribution in [0.25, 0.3) is 17.3 Å². The monoisotopic (exact) mass is 170 g/mol. The summed E-state index contributed by atoms with van der Waals surface area (Å²) in [5, 5.41) is 6.82. The number of hydrogen-bond acceptors (Lipinski definition) is 1. The lowest BCUT2D eigenvalue weighted by molar-refractivity contribution is 1.10. The van der Waals surface area contributed by atoms with Gasteiger partial charge in [0.1, 0.15) is 0 Å². The van der Waals surface area contributed by atoms with E-state index in [1.54, 1.807) is 6.20 Å². The first kappa shape index (κ1) is 7.80. The Morgan fingerprint density at radius 2 is 2.23 bits per heavy atom. The number of nitrogens with one attached hydrogen (secondary N) is 1. The lowest BCUT2D eigenvalue weighted by atomic mass is 10.1. The second-order valence-electron chi connectivity index (χ2n) is 2.80. The van der Waals surface area contributed by atoms with Crippen LogP contribution in [0.5, 0.6) is 0 Å². The Balaban J connectivity index is 2.47. The van der Waals surface area contributed by atoms with Gasteiger partial charge in [0.2, 0.25) is 0 Å². The first-order valence-electron chi connectivity index (χ1n) is 4.12. The number of nitrogens with zero attached hydrogens (tertiary/aromatic N) is 1. The molecule has 0 radical (unpaired) electrons. The van der Waals surface area contributed by atoms with Crippen LogP contribution in [0.3, 0.4) is 0 Å². The van der Waals surface area contributed by atoms with Crippen molar-refractivity contribution in [3.8, 4) is 11.3 Å². The minimum absolute atomic E-state index is 1.03. The molecular weight excluding hydrogens is 160 g/mol. The van der Waals surface area contributed by atoms with Crippen LogP contribution in [0.15, 0.2) is 43.1 Å². The topological polar surface area (TPSA) is 28.7 Å². The Morgan fingerprint density at radius 3 is 2.92 bits per heavy atom. The van der Waals surface area contributed by atoms with Crippen LogP contribution in [-0.2, 0) is 0 Å². The van der Waals surface area contributed by atoms with Gasteiger partial charge in [0.15, 0.2) is 0 Å². The highest BCUT2D eigenvalue weighted by molar-refractivity contribution is 5.63. The van der Waals surface area contributed by atoms with E-state index >= 15 is 0 Å². The van der Waals surface area contributed by atoms with Gasteiger partial charge in [0.05, 0.1) is 5.69 Å². The molecule has 0 bridgehead atoms. The third-order valence-electron chi connectivity index (χ3n) is 1.93. The Labute approximate surface area is 76.9 Å². The first-order valence-corrected chi connectivity index (χ1v) is 4.12. The third-order valence-corrected chi connectivity index (χ3v) is 1.93. The number of aromatic amines is 1. The molecule has 0 saturated carbocycles. The van der Waals surface area contributed by atoms with Crippen molar-refractivity contribution in [2.45, 2.75) is 0 Å². The SMILES string of the molecule is C=Cc1cccc(-c2ccn[nH]2)c1. The molecule has 0 aliphatic heterocycles. The highest BCUT2D eigenvalue weighted by Crippen LogP contribution is 2.17. The summed E-state index contributed by atoms with van der Waals surface area (Å²) in [5.74, 6) is 0. The van der Waals surface area contributed by atoms with E-state index in [1.165, 1.54) is 0 Å². The van der Waals surface area contributed by atoms with E-state index in [4.69, 9.17) is 0 Å². The van der Waals surface area contributed by atoms with E-state index in [0.717, 1.165) is 16.8 Å². The van der Waals surface area contributed by atoms with Gasteiger partial charge in [-0.15, -0.1) is 0 Å². The predicted octanol–water partition coefficient (Wildman–Crippen LogP) is 2.72. The maximum absolute atomic E-state index is 3.90. The fraction of sp³-hybridized carbons (Fsp3) is 0. The van der Waals surface area contributed by atoms with E-state index in [1.807, 2.05) is 30.3 Å². The van der Waals surface area contributed by atoms with Crippen molar-refractivity contribution in [3.05, 3.63) is 48.7 Å². The van der Waals surface area contributed by atoms with Crippen LogP contribution in [-0.4, -0.2) is 10.2 Å². The average Bonchev–Trinajstić information content (AvgIpc) is 2.71. The molecule has 0 atom stereocenters. The average molecular weight is 170 g/mol. The molecular formula is C11H10N2. The van der Waals surface area contributed by atoms with E-state index in [-0.39, 0.29) is 0 Å². The minimum Gasteiger partial charge on any atom is -0.278 e. The van der Waals surface area contributed by atoms with E-state index in [9.17, 15) is 0 Å². The highest BCUT2D eigenvalue weighted by Gasteiger charge is 1.97. The lowest BCUT2D eigenvalue weighted by Crippen LogP contribution is -1.78. The molecule has 2 heteroatoms. The quantitative estimate of drug-likeness (QED) is 0.737. The Morgan fingerprint density at radius 1 is 1.31 bits per heavy atom. The molecule has 1 aromatic heterocycles. The first-order chi connectivity index (χ1) is 6.40. The fourth-order valence-corrected chi connectivity index (χ4v) is 1.25. The molecule has 13 heavy (non-hydrogen) atoms. The molecule has 0 unspecified atom stereocenters. The zero-order chi connectivity index (χ0) is 9.10. The molecule has 0 saturated heterocycles. The molecule has 2 aromatic rings. The zero-order valence-corrected chi connectivity index (χ0v) is 7.20. The van der Waals surface area contributed by atoms with Crippen molar-refractivity contribution < 1.29 is 0 Å². The van der Waals surface area contributed by atoms with E-state index in [2.05, 4.69) is 22.8 Å². The standard InChI is InChI=1S/C11H10N2/c1-2-9-4-3-5-10(8-9)11-6-7-12-13-11/h2-8H,1H2,(H,12,13). The normalized spacial score (nSPS) is 9.85. The Bertz CT molecular complexity index is 402. The van der Waals surface area contributed by atoms with E-state index < -0.39 is 0 Å². The number of rotatable bonds is 2.